The predicted octanol–water partition coefficient (Wildman–Crippen LogP) is 4.76. The van der Waals surface area contributed by atoms with Crippen molar-refractivity contribution in [3.63, 3.8) is 0 Å². The van der Waals surface area contributed by atoms with Crippen LogP contribution in [-0.4, -0.2) is 9.55 Å². The number of imidazole rings is 1. The molecule has 0 aliphatic carbocycles. The molecule has 0 bridgehead atoms. The van der Waals surface area contributed by atoms with E-state index in [0.717, 1.165) is 26.0 Å². The van der Waals surface area contributed by atoms with Gasteiger partial charge < -0.3 is 4.98 Å². The second kappa shape index (κ2) is 4.37. The smallest absolute Gasteiger partial charge is 0.182 e. The molecule has 3 rings (SSSR count). The Bertz CT molecular complexity index is 786. The van der Waals surface area contributed by atoms with Gasteiger partial charge in [0.15, 0.2) is 4.77 Å². The second-order valence-corrected chi connectivity index (χ2v) is 5.52. The van der Waals surface area contributed by atoms with Crippen LogP contribution in [0.25, 0.3) is 16.7 Å². The number of aromatic nitrogens is 2. The minimum absolute atomic E-state index is 0.720. The summed E-state index contributed by atoms with van der Waals surface area (Å²) in [5.41, 5.74) is 4.46. The van der Waals surface area contributed by atoms with Gasteiger partial charge in [-0.3, -0.25) is 4.57 Å². The van der Waals surface area contributed by atoms with Crippen LogP contribution in [0.5, 0.6) is 0 Å². The van der Waals surface area contributed by atoms with Gasteiger partial charge in [0.25, 0.3) is 0 Å². The molecule has 90 valence electrons. The number of hydrogen-bond donors (Lipinski definition) is 1. The summed E-state index contributed by atoms with van der Waals surface area (Å²) in [5.74, 6) is 0. The molecule has 0 amide bonds. The third-order valence-corrected chi connectivity index (χ3v) is 3.78. The summed E-state index contributed by atoms with van der Waals surface area (Å²) in [5, 5.41) is 0. The summed E-state index contributed by atoms with van der Waals surface area (Å²) in [7, 11) is 0. The molecule has 0 atom stereocenters. The zero-order chi connectivity index (χ0) is 12.7. The van der Waals surface area contributed by atoms with E-state index < -0.39 is 0 Å². The standard InChI is InChI=1S/C14H11BrN2S/c1-9-4-2-3-5-12(9)17-13-8-10(15)6-7-11(13)16-14(17)18/h2-8H,1H3,(H,16,18). The molecule has 0 spiro atoms. The second-order valence-electron chi connectivity index (χ2n) is 4.21. The van der Waals surface area contributed by atoms with Gasteiger partial charge >= 0.3 is 0 Å². The molecule has 4 heteroatoms. The van der Waals surface area contributed by atoms with Gasteiger partial charge in [-0.25, -0.2) is 0 Å². The van der Waals surface area contributed by atoms with Crippen molar-refractivity contribution in [2.45, 2.75) is 6.92 Å². The molecule has 1 N–H and O–H groups in total. The first-order valence-electron chi connectivity index (χ1n) is 5.63. The van der Waals surface area contributed by atoms with Crippen molar-refractivity contribution in [2.24, 2.45) is 0 Å². The summed E-state index contributed by atoms with van der Waals surface area (Å²) in [4.78, 5) is 3.24. The van der Waals surface area contributed by atoms with Crippen LogP contribution < -0.4 is 0 Å². The molecule has 0 fully saturated rings. The first-order valence-corrected chi connectivity index (χ1v) is 6.83. The molecular formula is C14H11BrN2S. The molecular weight excluding hydrogens is 308 g/mol. The number of nitrogens with zero attached hydrogens (tertiary/aromatic N) is 1. The summed E-state index contributed by atoms with van der Waals surface area (Å²) in [6.07, 6.45) is 0. The molecule has 0 radical (unpaired) electrons. The van der Waals surface area contributed by atoms with Gasteiger partial charge in [-0.05, 0) is 49.0 Å². The first kappa shape index (κ1) is 11.7. The highest BCUT2D eigenvalue weighted by Gasteiger charge is 2.08. The predicted molar refractivity (Wildman–Crippen MR) is 80.9 cm³/mol. The zero-order valence-corrected chi connectivity index (χ0v) is 12.2. The van der Waals surface area contributed by atoms with E-state index in [4.69, 9.17) is 12.2 Å². The van der Waals surface area contributed by atoms with E-state index in [1.54, 1.807) is 0 Å². The van der Waals surface area contributed by atoms with E-state index in [9.17, 15) is 0 Å². The van der Waals surface area contributed by atoms with Gasteiger partial charge in [-0.15, -0.1) is 0 Å². The fourth-order valence-electron chi connectivity index (χ4n) is 2.13. The maximum atomic E-state index is 5.43. The molecule has 3 aromatic rings. The highest BCUT2D eigenvalue weighted by molar-refractivity contribution is 9.10. The minimum Gasteiger partial charge on any atom is -0.330 e. The monoisotopic (exact) mass is 318 g/mol. The zero-order valence-electron chi connectivity index (χ0n) is 9.77. The van der Waals surface area contributed by atoms with Crippen molar-refractivity contribution in [2.75, 3.05) is 0 Å². The average molecular weight is 319 g/mol. The number of halogens is 1. The molecule has 1 aromatic heterocycles. The van der Waals surface area contributed by atoms with Gasteiger partial charge in [0.2, 0.25) is 0 Å². The molecule has 0 unspecified atom stereocenters. The third kappa shape index (κ3) is 1.82. The van der Waals surface area contributed by atoms with E-state index in [1.807, 2.05) is 24.3 Å². The number of aromatic amines is 1. The van der Waals surface area contributed by atoms with Crippen LogP contribution in [-0.2, 0) is 0 Å². The van der Waals surface area contributed by atoms with Crippen molar-refractivity contribution in [3.8, 4) is 5.69 Å². The van der Waals surface area contributed by atoms with Crippen molar-refractivity contribution in [3.05, 3.63) is 57.3 Å². The Kier molecular flexibility index (Phi) is 2.84. The number of benzene rings is 2. The largest absolute Gasteiger partial charge is 0.330 e. The molecule has 1 heterocycles. The summed E-state index contributed by atoms with van der Waals surface area (Å²) >= 11 is 8.94. The summed E-state index contributed by atoms with van der Waals surface area (Å²) < 4.78 is 3.84. The molecule has 2 aromatic carbocycles. The van der Waals surface area contributed by atoms with Crippen LogP contribution >= 0.6 is 28.1 Å². The van der Waals surface area contributed by atoms with Crippen LogP contribution in [0.3, 0.4) is 0 Å². The van der Waals surface area contributed by atoms with Gasteiger partial charge in [-0.2, -0.15) is 0 Å². The lowest BCUT2D eigenvalue weighted by Gasteiger charge is -2.08. The molecule has 0 saturated carbocycles. The van der Waals surface area contributed by atoms with Crippen LogP contribution in [0.1, 0.15) is 5.56 Å². The van der Waals surface area contributed by atoms with Gasteiger partial charge in [0.1, 0.15) is 0 Å². The van der Waals surface area contributed by atoms with E-state index in [0.29, 0.717) is 0 Å². The normalized spacial score (nSPS) is 11.0. The lowest BCUT2D eigenvalue weighted by Crippen LogP contribution is -1.96. The number of nitrogens with one attached hydrogen (secondary N) is 1. The quantitative estimate of drug-likeness (QED) is 0.641. The van der Waals surface area contributed by atoms with Gasteiger partial charge in [0.05, 0.1) is 16.7 Å². The Morgan fingerprint density at radius 2 is 1.94 bits per heavy atom. The molecule has 0 aliphatic heterocycles. The number of aryl methyl sites for hydroxylation is 1. The number of fused-ring (bicyclic) bond motifs is 1. The van der Waals surface area contributed by atoms with Crippen LogP contribution in [0.15, 0.2) is 46.9 Å². The Labute approximate surface area is 118 Å². The maximum absolute atomic E-state index is 5.43. The van der Waals surface area contributed by atoms with Crippen LogP contribution in [0.2, 0.25) is 0 Å². The van der Waals surface area contributed by atoms with Crippen LogP contribution in [0.4, 0.5) is 0 Å². The maximum Gasteiger partial charge on any atom is 0.182 e. The summed E-state index contributed by atoms with van der Waals surface area (Å²) in [6, 6.07) is 14.4. The molecule has 2 nitrogen and oxygen atoms in total. The molecule has 0 saturated heterocycles. The van der Waals surface area contributed by atoms with E-state index in [1.165, 1.54) is 5.56 Å². The van der Waals surface area contributed by atoms with E-state index in [2.05, 4.69) is 50.6 Å². The van der Waals surface area contributed by atoms with Crippen molar-refractivity contribution in [1.29, 1.82) is 0 Å². The molecule has 0 aliphatic rings. The Hall–Kier alpha value is -1.39. The lowest BCUT2D eigenvalue weighted by atomic mass is 10.2. The van der Waals surface area contributed by atoms with Gasteiger partial charge in [0, 0.05) is 4.47 Å². The fourth-order valence-corrected chi connectivity index (χ4v) is 2.79. The Balaban J connectivity index is 2.42. The fraction of sp³-hybridized carbons (Fsp3) is 0.0714. The van der Waals surface area contributed by atoms with Crippen molar-refractivity contribution < 1.29 is 0 Å². The SMILES string of the molecule is Cc1ccccc1-n1c(=S)[nH]c2ccc(Br)cc21. The average Bonchev–Trinajstić information content (AvgIpc) is 2.66. The van der Waals surface area contributed by atoms with Crippen molar-refractivity contribution >= 4 is 39.2 Å². The van der Waals surface area contributed by atoms with Crippen LogP contribution in [0, 0.1) is 11.7 Å². The number of rotatable bonds is 1. The number of hydrogen-bond acceptors (Lipinski definition) is 1. The highest BCUT2D eigenvalue weighted by Crippen LogP contribution is 2.24. The Morgan fingerprint density at radius 1 is 1.17 bits per heavy atom. The lowest BCUT2D eigenvalue weighted by molar-refractivity contribution is 1.05. The minimum atomic E-state index is 0.720. The Morgan fingerprint density at radius 3 is 2.72 bits per heavy atom. The first-order chi connectivity index (χ1) is 8.66. The van der Waals surface area contributed by atoms with E-state index >= 15 is 0 Å². The number of H-pyrrole nitrogens is 1. The van der Waals surface area contributed by atoms with E-state index in [-0.39, 0.29) is 0 Å². The number of para-hydroxylation sites is 1. The summed E-state index contributed by atoms with van der Waals surface area (Å²) in [6.45, 7) is 2.09. The van der Waals surface area contributed by atoms with Gasteiger partial charge in [-0.1, -0.05) is 34.1 Å². The topological polar surface area (TPSA) is 20.7 Å². The molecule has 18 heavy (non-hydrogen) atoms. The third-order valence-electron chi connectivity index (χ3n) is 3.00. The highest BCUT2D eigenvalue weighted by atomic mass is 79.9. The van der Waals surface area contributed by atoms with Crippen molar-refractivity contribution in [1.82, 2.24) is 9.55 Å².